The van der Waals surface area contributed by atoms with Crippen LogP contribution in [0.3, 0.4) is 0 Å². The molecule has 0 spiro atoms. The number of alkyl halides is 1. The van der Waals surface area contributed by atoms with E-state index in [0.29, 0.717) is 6.54 Å². The van der Waals surface area contributed by atoms with Gasteiger partial charge in [-0.25, -0.2) is 8.42 Å². The van der Waals surface area contributed by atoms with Crippen molar-refractivity contribution in [3.05, 3.63) is 29.3 Å². The van der Waals surface area contributed by atoms with E-state index in [1.54, 1.807) is 0 Å². The highest BCUT2D eigenvalue weighted by Gasteiger charge is 2.07. The van der Waals surface area contributed by atoms with Gasteiger partial charge >= 0.3 is 0 Å². The van der Waals surface area contributed by atoms with Crippen molar-refractivity contribution in [2.75, 3.05) is 30.5 Å². The second-order valence-electron chi connectivity index (χ2n) is 4.30. The number of sulfone groups is 1. The maximum absolute atomic E-state index is 11.1. The lowest BCUT2D eigenvalue weighted by Gasteiger charge is -2.20. The SMILES string of the molecule is Cc1cc(N(C)CCS(C)(=O)=O)ccc1CBr. The minimum atomic E-state index is -2.90. The summed E-state index contributed by atoms with van der Waals surface area (Å²) in [6, 6.07) is 6.17. The number of rotatable bonds is 5. The van der Waals surface area contributed by atoms with Crippen molar-refractivity contribution in [3.63, 3.8) is 0 Å². The molecule has 0 aromatic heterocycles. The van der Waals surface area contributed by atoms with Gasteiger partial charge in [-0.2, -0.15) is 0 Å². The van der Waals surface area contributed by atoms with Gasteiger partial charge in [0.1, 0.15) is 9.84 Å². The van der Waals surface area contributed by atoms with Gasteiger partial charge in [-0.1, -0.05) is 22.0 Å². The molecule has 1 rings (SSSR count). The van der Waals surface area contributed by atoms with E-state index in [-0.39, 0.29) is 5.75 Å². The molecule has 0 heterocycles. The molecule has 96 valence electrons. The van der Waals surface area contributed by atoms with E-state index in [4.69, 9.17) is 0 Å². The third-order valence-electron chi connectivity index (χ3n) is 2.71. The molecule has 0 amide bonds. The molecule has 0 saturated heterocycles. The number of hydrogen-bond acceptors (Lipinski definition) is 3. The first-order valence-corrected chi connectivity index (χ1v) is 8.56. The summed E-state index contributed by atoms with van der Waals surface area (Å²) in [5.41, 5.74) is 3.52. The van der Waals surface area contributed by atoms with E-state index in [9.17, 15) is 8.42 Å². The molecule has 0 saturated carbocycles. The molecule has 3 nitrogen and oxygen atoms in total. The standard InChI is InChI=1S/C12H18BrNO2S/c1-10-8-12(5-4-11(10)9-13)14(2)6-7-17(3,15)16/h4-5,8H,6-7,9H2,1-3H3. The average molecular weight is 320 g/mol. The average Bonchev–Trinajstić information content (AvgIpc) is 2.24. The Hall–Kier alpha value is -0.550. The van der Waals surface area contributed by atoms with Gasteiger partial charge in [0.15, 0.2) is 0 Å². The molecule has 1 aromatic rings. The normalized spacial score (nSPS) is 11.5. The van der Waals surface area contributed by atoms with E-state index in [0.717, 1.165) is 11.0 Å². The summed E-state index contributed by atoms with van der Waals surface area (Å²) in [6.45, 7) is 2.58. The highest BCUT2D eigenvalue weighted by atomic mass is 79.9. The molecule has 0 aliphatic carbocycles. The van der Waals surface area contributed by atoms with Crippen molar-refractivity contribution in [3.8, 4) is 0 Å². The predicted octanol–water partition coefficient (Wildman–Crippen LogP) is 2.37. The predicted molar refractivity (Wildman–Crippen MR) is 76.8 cm³/mol. The topological polar surface area (TPSA) is 37.4 Å². The maximum Gasteiger partial charge on any atom is 0.149 e. The summed E-state index contributed by atoms with van der Waals surface area (Å²) in [5.74, 6) is 0.183. The molecule has 0 aliphatic heterocycles. The number of nitrogens with zero attached hydrogens (tertiary/aromatic N) is 1. The van der Waals surface area contributed by atoms with Crippen LogP contribution < -0.4 is 4.90 Å². The summed E-state index contributed by atoms with van der Waals surface area (Å²) in [7, 11) is -0.989. The van der Waals surface area contributed by atoms with Gasteiger partial charge in [0.25, 0.3) is 0 Å². The maximum atomic E-state index is 11.1. The fourth-order valence-corrected chi connectivity index (χ4v) is 2.73. The summed E-state index contributed by atoms with van der Waals surface area (Å²) in [6.07, 6.45) is 1.26. The Morgan fingerprint density at radius 3 is 2.47 bits per heavy atom. The lowest BCUT2D eigenvalue weighted by Crippen LogP contribution is -2.24. The summed E-state index contributed by atoms with van der Waals surface area (Å²) in [5, 5.41) is 0.839. The summed E-state index contributed by atoms with van der Waals surface area (Å²) >= 11 is 3.43. The lowest BCUT2D eigenvalue weighted by atomic mass is 10.1. The first-order chi connectivity index (χ1) is 7.83. The zero-order valence-electron chi connectivity index (χ0n) is 10.4. The van der Waals surface area contributed by atoms with Crippen LogP contribution in [0.25, 0.3) is 0 Å². The second kappa shape index (κ2) is 5.87. The van der Waals surface area contributed by atoms with Crippen molar-refractivity contribution in [2.24, 2.45) is 0 Å². The van der Waals surface area contributed by atoms with Crippen molar-refractivity contribution in [1.82, 2.24) is 0 Å². The quantitative estimate of drug-likeness (QED) is 0.782. The van der Waals surface area contributed by atoms with Gasteiger partial charge in [-0.3, -0.25) is 0 Å². The molecule has 0 aliphatic rings. The van der Waals surface area contributed by atoms with E-state index in [1.165, 1.54) is 17.4 Å². The van der Waals surface area contributed by atoms with Gasteiger partial charge < -0.3 is 4.90 Å². The van der Waals surface area contributed by atoms with E-state index in [2.05, 4.69) is 35.0 Å². The van der Waals surface area contributed by atoms with Gasteiger partial charge in [-0.15, -0.1) is 0 Å². The molecule has 17 heavy (non-hydrogen) atoms. The van der Waals surface area contributed by atoms with Gasteiger partial charge in [-0.05, 0) is 30.2 Å². The van der Waals surface area contributed by atoms with Crippen molar-refractivity contribution in [1.29, 1.82) is 0 Å². The molecular formula is C12H18BrNO2S. The van der Waals surface area contributed by atoms with Gasteiger partial charge in [0, 0.05) is 30.9 Å². The van der Waals surface area contributed by atoms with Crippen LogP contribution in [0.5, 0.6) is 0 Å². The number of anilines is 1. The van der Waals surface area contributed by atoms with Gasteiger partial charge in [0.2, 0.25) is 0 Å². The number of benzene rings is 1. The molecule has 0 N–H and O–H groups in total. The Morgan fingerprint density at radius 2 is 2.00 bits per heavy atom. The zero-order valence-corrected chi connectivity index (χ0v) is 12.8. The van der Waals surface area contributed by atoms with E-state index < -0.39 is 9.84 Å². The van der Waals surface area contributed by atoms with Crippen LogP contribution >= 0.6 is 15.9 Å². The molecule has 0 radical (unpaired) electrons. The van der Waals surface area contributed by atoms with Crippen molar-refractivity contribution in [2.45, 2.75) is 12.3 Å². The fourth-order valence-electron chi connectivity index (χ4n) is 1.50. The first-order valence-electron chi connectivity index (χ1n) is 5.38. The molecule has 0 bridgehead atoms. The smallest absolute Gasteiger partial charge is 0.149 e. The van der Waals surface area contributed by atoms with Gasteiger partial charge in [0.05, 0.1) is 5.75 Å². The Bertz CT molecular complexity index is 485. The third kappa shape index (κ3) is 4.68. The van der Waals surface area contributed by atoms with Crippen molar-refractivity contribution >= 4 is 31.5 Å². The zero-order chi connectivity index (χ0) is 13.1. The molecule has 0 fully saturated rings. The Labute approximate surface area is 112 Å². The Morgan fingerprint density at radius 1 is 1.35 bits per heavy atom. The van der Waals surface area contributed by atoms with Crippen LogP contribution in [-0.4, -0.2) is 34.0 Å². The van der Waals surface area contributed by atoms with E-state index in [1.807, 2.05) is 18.0 Å². The highest BCUT2D eigenvalue weighted by molar-refractivity contribution is 9.08. The monoisotopic (exact) mass is 319 g/mol. The molecule has 5 heteroatoms. The van der Waals surface area contributed by atoms with Crippen LogP contribution in [0.2, 0.25) is 0 Å². The fraction of sp³-hybridized carbons (Fsp3) is 0.500. The number of aryl methyl sites for hydroxylation is 1. The Balaban J connectivity index is 2.76. The Kier molecular flexibility index (Phi) is 5.01. The summed E-state index contributed by atoms with van der Waals surface area (Å²) in [4.78, 5) is 1.96. The van der Waals surface area contributed by atoms with Crippen LogP contribution in [0, 0.1) is 6.92 Å². The van der Waals surface area contributed by atoms with Crippen LogP contribution in [-0.2, 0) is 15.2 Å². The number of hydrogen-bond donors (Lipinski definition) is 0. The molecular weight excluding hydrogens is 302 g/mol. The second-order valence-corrected chi connectivity index (χ2v) is 7.12. The number of halogens is 1. The first kappa shape index (κ1) is 14.5. The van der Waals surface area contributed by atoms with E-state index >= 15 is 0 Å². The van der Waals surface area contributed by atoms with Crippen LogP contribution in [0.15, 0.2) is 18.2 Å². The molecule has 0 atom stereocenters. The summed E-state index contributed by atoms with van der Waals surface area (Å²) < 4.78 is 22.2. The largest absolute Gasteiger partial charge is 0.374 e. The highest BCUT2D eigenvalue weighted by Crippen LogP contribution is 2.19. The lowest BCUT2D eigenvalue weighted by molar-refractivity contribution is 0.601. The van der Waals surface area contributed by atoms with Crippen LogP contribution in [0.4, 0.5) is 5.69 Å². The minimum Gasteiger partial charge on any atom is -0.374 e. The third-order valence-corrected chi connectivity index (χ3v) is 4.24. The molecule has 0 unspecified atom stereocenters. The van der Waals surface area contributed by atoms with Crippen molar-refractivity contribution < 1.29 is 8.42 Å². The molecule has 1 aromatic carbocycles. The minimum absolute atomic E-state index is 0.183. The van der Waals surface area contributed by atoms with Crippen LogP contribution in [0.1, 0.15) is 11.1 Å².